The Balaban J connectivity index is 1.26. The predicted octanol–water partition coefficient (Wildman–Crippen LogP) is 7.01. The Labute approximate surface area is 248 Å². The van der Waals surface area contributed by atoms with Crippen LogP contribution in [0.15, 0.2) is 89.3 Å². The predicted molar refractivity (Wildman–Crippen MR) is 164 cm³/mol. The Morgan fingerprint density at radius 2 is 1.90 bits per heavy atom. The number of pyridine rings is 1. The van der Waals surface area contributed by atoms with Crippen LogP contribution in [0, 0.1) is 11.3 Å². The molecule has 2 aromatic heterocycles. The fourth-order valence-corrected chi connectivity index (χ4v) is 6.24. The Hall–Kier alpha value is -3.87. The van der Waals surface area contributed by atoms with Crippen LogP contribution in [-0.4, -0.2) is 43.7 Å². The van der Waals surface area contributed by atoms with Crippen molar-refractivity contribution in [3.05, 3.63) is 95.4 Å². The van der Waals surface area contributed by atoms with Crippen LogP contribution in [0.2, 0.25) is 5.02 Å². The van der Waals surface area contributed by atoms with Crippen LogP contribution in [0.5, 0.6) is 0 Å². The maximum absolute atomic E-state index is 9.85. The van der Waals surface area contributed by atoms with Crippen molar-refractivity contribution >= 4 is 45.6 Å². The fourth-order valence-electron chi connectivity index (χ4n) is 5.13. The van der Waals surface area contributed by atoms with Crippen LogP contribution in [0.25, 0.3) is 22.0 Å². The maximum Gasteiger partial charge on any atom is 0.172 e. The van der Waals surface area contributed by atoms with E-state index in [1.165, 1.54) is 17.3 Å². The lowest BCUT2D eigenvalue weighted by molar-refractivity contribution is 0.0792. The molecule has 0 aliphatic carbocycles. The van der Waals surface area contributed by atoms with E-state index in [1.54, 1.807) is 12.4 Å². The summed E-state index contributed by atoms with van der Waals surface area (Å²) in [6.07, 6.45) is 6.76. The van der Waals surface area contributed by atoms with Gasteiger partial charge in [-0.1, -0.05) is 53.7 Å². The van der Waals surface area contributed by atoms with Gasteiger partial charge in [-0.25, -0.2) is 4.98 Å². The number of hydrogen-bond acceptors (Lipinski definition) is 7. The molecule has 1 aliphatic rings. The number of anilines is 2. The normalized spacial score (nSPS) is 14.3. The molecule has 0 saturated carbocycles. The first-order chi connectivity index (χ1) is 20.0. The number of aliphatic hydroxyl groups excluding tert-OH is 1. The Bertz CT molecular complexity index is 1760. The minimum Gasteiger partial charge on any atom is -0.393 e. The first-order valence-electron chi connectivity index (χ1n) is 13.5. The van der Waals surface area contributed by atoms with Crippen molar-refractivity contribution < 1.29 is 5.11 Å². The summed E-state index contributed by atoms with van der Waals surface area (Å²) < 4.78 is 1.95. The largest absolute Gasteiger partial charge is 0.393 e. The molecule has 1 fully saturated rings. The first kappa shape index (κ1) is 27.3. The number of fused-ring (bicyclic) bond motifs is 1. The second-order valence-electron chi connectivity index (χ2n) is 10.3. The fraction of sp³-hybridized carbons (Fsp3) is 0.219. The Kier molecular flexibility index (Phi) is 7.95. The van der Waals surface area contributed by atoms with E-state index in [0.29, 0.717) is 16.3 Å². The van der Waals surface area contributed by atoms with Gasteiger partial charge in [0.2, 0.25) is 0 Å². The number of nitrogens with one attached hydrogen (secondary N) is 1. The molecule has 0 radical (unpaired) electrons. The molecule has 0 spiro atoms. The molecule has 1 aliphatic heterocycles. The molecule has 0 unspecified atom stereocenters. The van der Waals surface area contributed by atoms with Crippen molar-refractivity contribution in [2.75, 3.05) is 18.4 Å². The summed E-state index contributed by atoms with van der Waals surface area (Å²) in [5.74, 6) is 0. The molecule has 6 rings (SSSR count). The number of aromatic nitrogens is 3. The highest BCUT2D eigenvalue weighted by molar-refractivity contribution is 7.99. The third-order valence-electron chi connectivity index (χ3n) is 7.39. The monoisotopic (exact) mass is 580 g/mol. The minimum absolute atomic E-state index is 0.170. The molecule has 41 heavy (non-hydrogen) atoms. The van der Waals surface area contributed by atoms with Crippen molar-refractivity contribution in [1.82, 2.24) is 19.4 Å². The van der Waals surface area contributed by atoms with Gasteiger partial charge in [0.1, 0.15) is 6.07 Å². The van der Waals surface area contributed by atoms with Crippen LogP contribution >= 0.6 is 23.4 Å². The number of likely N-dealkylation sites (tertiary alicyclic amines) is 1. The topological polar surface area (TPSA) is 90.0 Å². The van der Waals surface area contributed by atoms with E-state index in [9.17, 15) is 10.4 Å². The van der Waals surface area contributed by atoms with E-state index in [1.807, 2.05) is 42.1 Å². The number of aryl methyl sites for hydroxylation is 1. The van der Waals surface area contributed by atoms with Gasteiger partial charge in [0.15, 0.2) is 5.16 Å². The molecule has 206 valence electrons. The van der Waals surface area contributed by atoms with Gasteiger partial charge in [0.05, 0.1) is 27.9 Å². The van der Waals surface area contributed by atoms with Crippen molar-refractivity contribution in [3.63, 3.8) is 0 Å². The molecule has 7 nitrogen and oxygen atoms in total. The standard InChI is InChI=1S/C32H29ClN6OS/c1-38-14-11-35-32(38)41-30-8-6-25(17-28(30)33)37-31-24(18-34)19-36-29-16-23(5-7-27(29)31)22-4-2-3-21(15-22)20-39-12-9-26(40)10-13-39/h2-8,11,14-17,19,26,40H,9-10,12-13,20H2,1H3,(H,36,37). The first-order valence-corrected chi connectivity index (χ1v) is 14.7. The zero-order valence-electron chi connectivity index (χ0n) is 22.6. The highest BCUT2D eigenvalue weighted by atomic mass is 35.5. The zero-order chi connectivity index (χ0) is 28.3. The minimum atomic E-state index is -0.170. The van der Waals surface area contributed by atoms with Crippen LogP contribution in [0.4, 0.5) is 11.4 Å². The number of imidazole rings is 1. The summed E-state index contributed by atoms with van der Waals surface area (Å²) in [4.78, 5) is 12.3. The van der Waals surface area contributed by atoms with Gasteiger partial charge in [0.25, 0.3) is 0 Å². The lowest BCUT2D eigenvalue weighted by Crippen LogP contribution is -2.35. The Morgan fingerprint density at radius 3 is 2.66 bits per heavy atom. The van der Waals surface area contributed by atoms with E-state index in [-0.39, 0.29) is 6.10 Å². The molecular formula is C32H29ClN6OS. The highest BCUT2D eigenvalue weighted by Gasteiger charge is 2.17. The summed E-state index contributed by atoms with van der Waals surface area (Å²) >= 11 is 8.14. The molecule has 3 heterocycles. The number of hydrogen-bond donors (Lipinski definition) is 2. The molecule has 0 amide bonds. The van der Waals surface area contributed by atoms with E-state index < -0.39 is 0 Å². The quantitative estimate of drug-likeness (QED) is 0.214. The average Bonchev–Trinajstić information content (AvgIpc) is 3.39. The molecule has 5 aromatic rings. The van der Waals surface area contributed by atoms with Gasteiger partial charge in [-0.05, 0) is 59.9 Å². The second-order valence-corrected chi connectivity index (χ2v) is 11.7. The molecule has 3 aromatic carbocycles. The van der Waals surface area contributed by atoms with Gasteiger partial charge < -0.3 is 15.0 Å². The summed E-state index contributed by atoms with van der Waals surface area (Å²) in [6, 6.07) is 22.8. The molecule has 0 atom stereocenters. The highest BCUT2D eigenvalue weighted by Crippen LogP contribution is 2.36. The van der Waals surface area contributed by atoms with Crippen LogP contribution in [-0.2, 0) is 13.6 Å². The number of nitrogens with zero attached hydrogens (tertiary/aromatic N) is 5. The van der Waals surface area contributed by atoms with E-state index >= 15 is 0 Å². The van der Waals surface area contributed by atoms with Crippen LogP contribution in [0.3, 0.4) is 0 Å². The summed E-state index contributed by atoms with van der Waals surface area (Å²) in [5, 5.41) is 25.4. The molecule has 1 saturated heterocycles. The van der Waals surface area contributed by atoms with Crippen molar-refractivity contribution in [2.45, 2.75) is 35.5 Å². The molecule has 0 bridgehead atoms. The van der Waals surface area contributed by atoms with E-state index in [2.05, 4.69) is 62.7 Å². The number of halogens is 1. The van der Waals surface area contributed by atoms with Gasteiger partial charge in [-0.2, -0.15) is 5.26 Å². The lowest BCUT2D eigenvalue weighted by atomic mass is 9.99. The number of piperidine rings is 1. The van der Waals surface area contributed by atoms with Gasteiger partial charge >= 0.3 is 0 Å². The third-order valence-corrected chi connectivity index (χ3v) is 8.97. The summed E-state index contributed by atoms with van der Waals surface area (Å²) in [5.41, 5.74) is 6.17. The smallest absolute Gasteiger partial charge is 0.172 e. The van der Waals surface area contributed by atoms with Crippen LogP contribution < -0.4 is 5.32 Å². The number of benzene rings is 3. The number of rotatable bonds is 7. The summed E-state index contributed by atoms with van der Waals surface area (Å²) in [6.45, 7) is 2.70. The molecule has 9 heteroatoms. The SMILES string of the molecule is Cn1ccnc1Sc1ccc(Nc2c(C#N)cnc3cc(-c4cccc(CN5CCC(O)CC5)c4)ccc23)cc1Cl. The van der Waals surface area contributed by atoms with Crippen molar-refractivity contribution in [1.29, 1.82) is 5.26 Å². The van der Waals surface area contributed by atoms with Gasteiger partial charge in [-0.15, -0.1) is 0 Å². The van der Waals surface area contributed by atoms with Crippen molar-refractivity contribution in [3.8, 4) is 17.2 Å². The van der Waals surface area contributed by atoms with Crippen LogP contribution in [0.1, 0.15) is 24.0 Å². The lowest BCUT2D eigenvalue weighted by Gasteiger charge is -2.29. The molecular weight excluding hydrogens is 552 g/mol. The second kappa shape index (κ2) is 11.9. The van der Waals surface area contributed by atoms with Gasteiger partial charge in [0, 0.05) is 61.2 Å². The van der Waals surface area contributed by atoms with E-state index in [0.717, 1.165) is 70.2 Å². The number of aliphatic hydroxyl groups is 1. The average molecular weight is 581 g/mol. The zero-order valence-corrected chi connectivity index (χ0v) is 24.2. The van der Waals surface area contributed by atoms with Gasteiger partial charge in [-0.3, -0.25) is 9.88 Å². The molecule has 2 N–H and O–H groups in total. The maximum atomic E-state index is 9.85. The Morgan fingerprint density at radius 1 is 1.07 bits per heavy atom. The number of nitriles is 1. The van der Waals surface area contributed by atoms with E-state index in [4.69, 9.17) is 11.6 Å². The third kappa shape index (κ3) is 6.09. The van der Waals surface area contributed by atoms with Crippen molar-refractivity contribution in [2.24, 2.45) is 7.05 Å². The summed E-state index contributed by atoms with van der Waals surface area (Å²) in [7, 11) is 1.95.